The molecule has 2 aromatic rings. The van der Waals surface area contributed by atoms with Crippen molar-refractivity contribution in [2.45, 2.75) is 30.5 Å². The van der Waals surface area contributed by atoms with Crippen LogP contribution in [0.3, 0.4) is 0 Å². The summed E-state index contributed by atoms with van der Waals surface area (Å²) in [5.41, 5.74) is 2.35. The van der Waals surface area contributed by atoms with E-state index in [9.17, 15) is 4.79 Å². The number of carbonyl (C=O) groups excluding carboxylic acids is 1. The Hall–Kier alpha value is -2.14. The summed E-state index contributed by atoms with van der Waals surface area (Å²) in [7, 11) is 5.06. The van der Waals surface area contributed by atoms with Crippen LogP contribution in [0.2, 0.25) is 0 Å². The van der Waals surface area contributed by atoms with Gasteiger partial charge in [0.1, 0.15) is 0 Å². The third kappa shape index (κ3) is 5.16. The average Bonchev–Trinajstić information content (AvgIpc) is 2.62. The molecule has 1 amide bonds. The highest BCUT2D eigenvalue weighted by molar-refractivity contribution is 8.00. The maximum Gasteiger partial charge on any atom is 0.235 e. The summed E-state index contributed by atoms with van der Waals surface area (Å²) in [6.45, 7) is 4.59. The van der Waals surface area contributed by atoms with Crippen molar-refractivity contribution in [2.24, 2.45) is 0 Å². The van der Waals surface area contributed by atoms with E-state index in [0.29, 0.717) is 18.0 Å². The lowest BCUT2D eigenvalue weighted by molar-refractivity contribution is -0.129. The van der Waals surface area contributed by atoms with Crippen LogP contribution in [0.4, 0.5) is 0 Å². The quantitative estimate of drug-likeness (QED) is 0.696. The third-order valence-electron chi connectivity index (χ3n) is 3.93. The van der Waals surface area contributed by atoms with Gasteiger partial charge < -0.3 is 14.4 Å². The molecule has 4 nitrogen and oxygen atoms in total. The van der Waals surface area contributed by atoms with Crippen LogP contribution in [0.1, 0.15) is 18.1 Å². The first-order chi connectivity index (χ1) is 11.9. The molecule has 0 fully saturated rings. The van der Waals surface area contributed by atoms with Gasteiger partial charge in [0.05, 0.1) is 19.5 Å². The molecular formula is C20H25NO3S. The van der Waals surface area contributed by atoms with Gasteiger partial charge in [-0.1, -0.05) is 29.8 Å². The molecule has 0 unspecified atom stereocenters. The number of amides is 1. The Morgan fingerprint density at radius 3 is 2.32 bits per heavy atom. The molecule has 25 heavy (non-hydrogen) atoms. The van der Waals surface area contributed by atoms with E-state index in [-0.39, 0.29) is 11.2 Å². The Bertz CT molecular complexity index is 715. The van der Waals surface area contributed by atoms with Crippen LogP contribution in [0.15, 0.2) is 47.4 Å². The van der Waals surface area contributed by atoms with Gasteiger partial charge in [-0.2, -0.15) is 0 Å². The van der Waals surface area contributed by atoms with E-state index in [1.54, 1.807) is 19.1 Å². The van der Waals surface area contributed by atoms with Crippen LogP contribution >= 0.6 is 11.8 Å². The lowest BCUT2D eigenvalue weighted by Crippen LogP contribution is -2.32. The van der Waals surface area contributed by atoms with E-state index in [0.717, 1.165) is 10.5 Å². The number of hydrogen-bond donors (Lipinski definition) is 0. The standard InChI is InChI=1S/C20H25NO3S/c1-14-6-8-16(9-7-14)13-21(3)20(22)15(2)25-17-10-11-18(23-4)19(12-17)24-5/h6-12,15H,13H2,1-5H3/t15-/m1/s1. The maximum absolute atomic E-state index is 12.6. The second-order valence-corrected chi connectivity index (χ2v) is 7.37. The number of hydrogen-bond acceptors (Lipinski definition) is 4. The molecule has 2 rings (SSSR count). The number of benzene rings is 2. The topological polar surface area (TPSA) is 38.8 Å². The SMILES string of the molecule is COc1ccc(S[C@H](C)C(=O)N(C)Cc2ccc(C)cc2)cc1OC. The molecule has 0 aromatic heterocycles. The Kier molecular flexibility index (Phi) is 6.76. The summed E-state index contributed by atoms with van der Waals surface area (Å²) in [6.07, 6.45) is 0. The van der Waals surface area contributed by atoms with Crippen LogP contribution in [0, 0.1) is 6.92 Å². The molecule has 0 heterocycles. The lowest BCUT2D eigenvalue weighted by Gasteiger charge is -2.21. The summed E-state index contributed by atoms with van der Waals surface area (Å²) < 4.78 is 10.6. The molecule has 0 saturated heterocycles. The lowest BCUT2D eigenvalue weighted by atomic mass is 10.1. The van der Waals surface area contributed by atoms with Crippen molar-refractivity contribution in [3.63, 3.8) is 0 Å². The molecule has 0 aliphatic rings. The molecule has 134 valence electrons. The number of aryl methyl sites for hydroxylation is 1. The fourth-order valence-electron chi connectivity index (χ4n) is 2.50. The van der Waals surface area contributed by atoms with Crippen molar-refractivity contribution >= 4 is 17.7 Å². The fourth-order valence-corrected chi connectivity index (χ4v) is 3.51. The molecule has 0 bridgehead atoms. The first-order valence-electron chi connectivity index (χ1n) is 8.13. The predicted molar refractivity (Wildman–Crippen MR) is 103 cm³/mol. The highest BCUT2D eigenvalue weighted by Crippen LogP contribution is 2.33. The van der Waals surface area contributed by atoms with Crippen LogP contribution in [0.5, 0.6) is 11.5 Å². The zero-order valence-corrected chi connectivity index (χ0v) is 16.2. The zero-order valence-electron chi connectivity index (χ0n) is 15.4. The maximum atomic E-state index is 12.6. The fraction of sp³-hybridized carbons (Fsp3) is 0.350. The minimum atomic E-state index is -0.187. The van der Waals surface area contributed by atoms with Gasteiger partial charge in [0, 0.05) is 18.5 Å². The van der Waals surface area contributed by atoms with Crippen LogP contribution in [-0.4, -0.2) is 37.3 Å². The van der Waals surface area contributed by atoms with Gasteiger partial charge in [-0.3, -0.25) is 4.79 Å². The minimum absolute atomic E-state index is 0.0976. The number of methoxy groups -OCH3 is 2. The smallest absolute Gasteiger partial charge is 0.235 e. The second-order valence-electron chi connectivity index (χ2n) is 5.96. The van der Waals surface area contributed by atoms with Gasteiger partial charge in [0.25, 0.3) is 0 Å². The predicted octanol–water partition coefficient (Wildman–Crippen LogP) is 4.15. The van der Waals surface area contributed by atoms with Gasteiger partial charge in [-0.25, -0.2) is 0 Å². The molecule has 5 heteroatoms. The van der Waals surface area contributed by atoms with Crippen LogP contribution < -0.4 is 9.47 Å². The molecule has 0 saturated carbocycles. The summed E-state index contributed by atoms with van der Waals surface area (Å²) in [4.78, 5) is 15.4. The second kappa shape index (κ2) is 8.81. The first-order valence-corrected chi connectivity index (χ1v) is 9.01. The Morgan fingerprint density at radius 1 is 1.08 bits per heavy atom. The zero-order chi connectivity index (χ0) is 18.4. The Morgan fingerprint density at radius 2 is 1.72 bits per heavy atom. The average molecular weight is 359 g/mol. The summed E-state index contributed by atoms with van der Waals surface area (Å²) >= 11 is 1.51. The third-order valence-corrected chi connectivity index (χ3v) is 5.01. The first kappa shape index (κ1) is 19.2. The number of rotatable bonds is 7. The van der Waals surface area contributed by atoms with Crippen molar-refractivity contribution in [1.82, 2.24) is 4.90 Å². The van der Waals surface area contributed by atoms with E-state index in [1.807, 2.05) is 32.2 Å². The largest absolute Gasteiger partial charge is 0.493 e. The van der Waals surface area contributed by atoms with Crippen molar-refractivity contribution in [3.8, 4) is 11.5 Å². The highest BCUT2D eigenvalue weighted by atomic mass is 32.2. The molecule has 0 N–H and O–H groups in total. The molecule has 0 aliphatic carbocycles. The van der Waals surface area contributed by atoms with Gasteiger partial charge >= 0.3 is 0 Å². The normalized spacial score (nSPS) is 11.7. The highest BCUT2D eigenvalue weighted by Gasteiger charge is 2.19. The van der Waals surface area contributed by atoms with Crippen LogP contribution in [0.25, 0.3) is 0 Å². The van der Waals surface area contributed by atoms with Gasteiger partial charge in [-0.05, 0) is 37.6 Å². The van der Waals surface area contributed by atoms with Crippen molar-refractivity contribution in [3.05, 3.63) is 53.6 Å². The molecule has 0 spiro atoms. The van der Waals surface area contributed by atoms with E-state index in [2.05, 4.69) is 31.2 Å². The van der Waals surface area contributed by atoms with Crippen molar-refractivity contribution in [1.29, 1.82) is 0 Å². The van der Waals surface area contributed by atoms with E-state index < -0.39 is 0 Å². The van der Waals surface area contributed by atoms with Gasteiger partial charge in [-0.15, -0.1) is 11.8 Å². The molecular weight excluding hydrogens is 334 g/mol. The monoisotopic (exact) mass is 359 g/mol. The van der Waals surface area contributed by atoms with Crippen molar-refractivity contribution in [2.75, 3.05) is 21.3 Å². The Balaban J connectivity index is 2.00. The molecule has 2 aromatic carbocycles. The van der Waals surface area contributed by atoms with Crippen molar-refractivity contribution < 1.29 is 14.3 Å². The number of nitrogens with zero attached hydrogens (tertiary/aromatic N) is 1. The van der Waals surface area contributed by atoms with E-state index in [4.69, 9.17) is 9.47 Å². The summed E-state index contributed by atoms with van der Waals surface area (Å²) in [5.74, 6) is 1.45. The summed E-state index contributed by atoms with van der Waals surface area (Å²) in [6, 6.07) is 13.9. The molecule has 1 atom stereocenters. The van der Waals surface area contributed by atoms with Gasteiger partial charge in [0.15, 0.2) is 11.5 Å². The van der Waals surface area contributed by atoms with Crippen LogP contribution in [-0.2, 0) is 11.3 Å². The molecule has 0 radical (unpaired) electrons. The Labute approximate surface area is 154 Å². The number of carbonyl (C=O) groups is 1. The number of thioether (sulfide) groups is 1. The number of ether oxygens (including phenoxy) is 2. The van der Waals surface area contributed by atoms with E-state index >= 15 is 0 Å². The van der Waals surface area contributed by atoms with Gasteiger partial charge in [0.2, 0.25) is 5.91 Å². The summed E-state index contributed by atoms with van der Waals surface area (Å²) in [5, 5.41) is -0.187. The molecule has 0 aliphatic heterocycles. The van der Waals surface area contributed by atoms with E-state index in [1.165, 1.54) is 17.3 Å². The minimum Gasteiger partial charge on any atom is -0.493 e.